The molecule has 0 atom stereocenters. The molecule has 2 heterocycles. The highest BCUT2D eigenvalue weighted by Crippen LogP contribution is 2.20. The van der Waals surface area contributed by atoms with Crippen LogP contribution in [0.2, 0.25) is 0 Å². The number of aryl methyl sites for hydroxylation is 1. The number of nitrogens with one attached hydrogen (secondary N) is 1. The van der Waals surface area contributed by atoms with Crippen LogP contribution in [-0.2, 0) is 4.74 Å². The Bertz CT molecular complexity index is 625. The smallest absolute Gasteiger partial charge is 0.229 e. The van der Waals surface area contributed by atoms with Gasteiger partial charge in [0.25, 0.3) is 0 Å². The van der Waals surface area contributed by atoms with Crippen molar-refractivity contribution in [3.05, 3.63) is 36.0 Å². The predicted molar refractivity (Wildman–Crippen MR) is 83.9 cm³/mol. The van der Waals surface area contributed by atoms with E-state index in [0.29, 0.717) is 11.6 Å². The number of hydrogen-bond donors (Lipinski definition) is 2. The Morgan fingerprint density at radius 2 is 2.00 bits per heavy atom. The molecule has 0 bridgehead atoms. The van der Waals surface area contributed by atoms with Crippen LogP contribution in [0.5, 0.6) is 0 Å². The molecular formula is C15H19N5O. The number of aromatic nitrogens is 2. The third kappa shape index (κ3) is 3.41. The second-order valence-electron chi connectivity index (χ2n) is 5.04. The Labute approximate surface area is 124 Å². The van der Waals surface area contributed by atoms with Gasteiger partial charge in [0.1, 0.15) is 5.82 Å². The van der Waals surface area contributed by atoms with Gasteiger partial charge in [-0.15, -0.1) is 0 Å². The average Bonchev–Trinajstić information content (AvgIpc) is 2.47. The Morgan fingerprint density at radius 1 is 1.19 bits per heavy atom. The van der Waals surface area contributed by atoms with E-state index >= 15 is 0 Å². The van der Waals surface area contributed by atoms with Gasteiger partial charge in [0.15, 0.2) is 0 Å². The molecule has 2 aromatic rings. The number of ether oxygens (including phenoxy) is 1. The lowest BCUT2D eigenvalue weighted by Gasteiger charge is -2.28. The molecule has 6 heteroatoms. The van der Waals surface area contributed by atoms with Crippen molar-refractivity contribution in [1.29, 1.82) is 0 Å². The summed E-state index contributed by atoms with van der Waals surface area (Å²) in [5.74, 6) is 1.51. The van der Waals surface area contributed by atoms with Gasteiger partial charge in [-0.05, 0) is 25.1 Å². The zero-order valence-corrected chi connectivity index (χ0v) is 12.0. The Morgan fingerprint density at radius 3 is 2.76 bits per heavy atom. The van der Waals surface area contributed by atoms with Crippen LogP contribution in [-0.4, -0.2) is 36.3 Å². The van der Waals surface area contributed by atoms with Crippen LogP contribution in [0.15, 0.2) is 30.3 Å². The quantitative estimate of drug-likeness (QED) is 0.839. The fourth-order valence-electron chi connectivity index (χ4n) is 2.31. The van der Waals surface area contributed by atoms with E-state index in [4.69, 9.17) is 10.5 Å². The van der Waals surface area contributed by atoms with Crippen LogP contribution in [0.25, 0.3) is 0 Å². The van der Waals surface area contributed by atoms with Crippen molar-refractivity contribution in [2.24, 2.45) is 0 Å². The summed E-state index contributed by atoms with van der Waals surface area (Å²) in [6.07, 6.45) is 0. The number of morpholine rings is 1. The van der Waals surface area contributed by atoms with Gasteiger partial charge in [-0.1, -0.05) is 6.07 Å². The molecule has 0 radical (unpaired) electrons. The van der Waals surface area contributed by atoms with Crippen LogP contribution in [0.3, 0.4) is 0 Å². The molecule has 110 valence electrons. The van der Waals surface area contributed by atoms with Crippen molar-refractivity contribution in [3.63, 3.8) is 0 Å². The maximum absolute atomic E-state index is 5.79. The number of nitrogens with zero attached hydrogens (tertiary/aromatic N) is 3. The lowest BCUT2D eigenvalue weighted by molar-refractivity contribution is 0.122. The largest absolute Gasteiger partial charge is 0.399 e. The molecule has 21 heavy (non-hydrogen) atoms. The first kappa shape index (κ1) is 13.6. The zero-order valence-electron chi connectivity index (χ0n) is 12.0. The van der Waals surface area contributed by atoms with Crippen molar-refractivity contribution >= 4 is 23.1 Å². The first-order valence-corrected chi connectivity index (χ1v) is 7.02. The van der Waals surface area contributed by atoms with E-state index in [1.807, 2.05) is 37.3 Å². The summed E-state index contributed by atoms with van der Waals surface area (Å²) in [5, 5.41) is 3.20. The third-order valence-electron chi connectivity index (χ3n) is 3.32. The molecule has 3 N–H and O–H groups in total. The molecule has 0 aliphatic carbocycles. The molecule has 1 aliphatic rings. The van der Waals surface area contributed by atoms with Crippen LogP contribution in [0.4, 0.5) is 23.1 Å². The van der Waals surface area contributed by atoms with E-state index in [2.05, 4.69) is 20.2 Å². The summed E-state index contributed by atoms with van der Waals surface area (Å²) in [6, 6.07) is 9.55. The summed E-state index contributed by atoms with van der Waals surface area (Å²) >= 11 is 0. The molecule has 0 amide bonds. The minimum atomic E-state index is 0.585. The second kappa shape index (κ2) is 5.97. The van der Waals surface area contributed by atoms with E-state index in [0.717, 1.165) is 43.5 Å². The first-order valence-electron chi connectivity index (χ1n) is 7.02. The maximum Gasteiger partial charge on any atom is 0.229 e. The Hall–Kier alpha value is -2.34. The molecule has 0 unspecified atom stereocenters. The number of nitrogen functional groups attached to an aromatic ring is 1. The second-order valence-corrected chi connectivity index (χ2v) is 5.04. The number of hydrogen-bond acceptors (Lipinski definition) is 6. The highest BCUT2D eigenvalue weighted by atomic mass is 16.5. The van der Waals surface area contributed by atoms with Gasteiger partial charge >= 0.3 is 0 Å². The lowest BCUT2D eigenvalue weighted by atomic mass is 10.3. The van der Waals surface area contributed by atoms with Gasteiger partial charge < -0.3 is 20.7 Å². The number of anilines is 4. The van der Waals surface area contributed by atoms with Crippen LogP contribution in [0, 0.1) is 6.92 Å². The van der Waals surface area contributed by atoms with Gasteiger partial charge in [-0.2, -0.15) is 4.98 Å². The number of nitrogens with two attached hydrogens (primary N) is 1. The summed E-state index contributed by atoms with van der Waals surface area (Å²) in [7, 11) is 0. The molecule has 1 fully saturated rings. The number of rotatable bonds is 3. The molecule has 0 spiro atoms. The first-order chi connectivity index (χ1) is 10.2. The van der Waals surface area contributed by atoms with Gasteiger partial charge in [-0.3, -0.25) is 0 Å². The SMILES string of the molecule is Cc1cc(N2CCOCC2)nc(Nc2cccc(N)c2)n1. The monoisotopic (exact) mass is 285 g/mol. The molecule has 1 saturated heterocycles. The van der Waals surface area contributed by atoms with Gasteiger partial charge in [0, 0.05) is 36.2 Å². The third-order valence-corrected chi connectivity index (χ3v) is 3.32. The zero-order chi connectivity index (χ0) is 14.7. The summed E-state index contributed by atoms with van der Waals surface area (Å²) in [6.45, 7) is 5.15. The van der Waals surface area contributed by atoms with Crippen molar-refractivity contribution < 1.29 is 4.74 Å². The van der Waals surface area contributed by atoms with Crippen LogP contribution in [0.1, 0.15) is 5.69 Å². The standard InChI is InChI=1S/C15H19N5O/c1-11-9-14(20-5-7-21-8-6-20)19-15(17-11)18-13-4-2-3-12(16)10-13/h2-4,9-10H,5-8,16H2,1H3,(H,17,18,19). The normalized spacial score (nSPS) is 15.0. The van der Waals surface area contributed by atoms with Crippen LogP contribution < -0.4 is 16.0 Å². The molecule has 1 aromatic carbocycles. The fraction of sp³-hybridized carbons (Fsp3) is 0.333. The highest BCUT2D eigenvalue weighted by molar-refractivity contribution is 5.60. The van der Waals surface area contributed by atoms with E-state index in [9.17, 15) is 0 Å². The molecule has 3 rings (SSSR count). The molecular weight excluding hydrogens is 266 g/mol. The van der Waals surface area contributed by atoms with Crippen molar-refractivity contribution in [2.75, 3.05) is 42.3 Å². The Kier molecular flexibility index (Phi) is 3.87. The summed E-state index contributed by atoms with van der Waals surface area (Å²) in [4.78, 5) is 11.2. The minimum absolute atomic E-state index is 0.585. The van der Waals surface area contributed by atoms with Gasteiger partial charge in [-0.25, -0.2) is 4.98 Å². The van der Waals surface area contributed by atoms with E-state index in [1.165, 1.54) is 0 Å². The van der Waals surface area contributed by atoms with E-state index < -0.39 is 0 Å². The van der Waals surface area contributed by atoms with Crippen LogP contribution >= 0.6 is 0 Å². The lowest BCUT2D eigenvalue weighted by Crippen LogP contribution is -2.36. The highest BCUT2D eigenvalue weighted by Gasteiger charge is 2.14. The van der Waals surface area contributed by atoms with Gasteiger partial charge in [0.2, 0.25) is 5.95 Å². The molecule has 0 saturated carbocycles. The molecule has 1 aliphatic heterocycles. The predicted octanol–water partition coefficient (Wildman–Crippen LogP) is 1.95. The average molecular weight is 285 g/mol. The topological polar surface area (TPSA) is 76.3 Å². The minimum Gasteiger partial charge on any atom is -0.399 e. The molecule has 1 aromatic heterocycles. The number of benzene rings is 1. The fourth-order valence-corrected chi connectivity index (χ4v) is 2.31. The van der Waals surface area contributed by atoms with E-state index in [-0.39, 0.29) is 0 Å². The summed E-state index contributed by atoms with van der Waals surface area (Å²) < 4.78 is 5.38. The van der Waals surface area contributed by atoms with Gasteiger partial charge in [0.05, 0.1) is 13.2 Å². The maximum atomic E-state index is 5.79. The summed E-state index contributed by atoms with van der Waals surface area (Å²) in [5.41, 5.74) is 8.31. The van der Waals surface area contributed by atoms with Crippen molar-refractivity contribution in [2.45, 2.75) is 6.92 Å². The van der Waals surface area contributed by atoms with Crippen molar-refractivity contribution in [3.8, 4) is 0 Å². The van der Waals surface area contributed by atoms with Crippen molar-refractivity contribution in [1.82, 2.24) is 9.97 Å². The van der Waals surface area contributed by atoms with E-state index in [1.54, 1.807) is 0 Å². The Balaban J connectivity index is 1.83. The molecule has 6 nitrogen and oxygen atoms in total.